The van der Waals surface area contributed by atoms with Crippen LogP contribution in [0.1, 0.15) is 36.1 Å². The van der Waals surface area contributed by atoms with Crippen molar-refractivity contribution in [1.82, 2.24) is 5.32 Å². The van der Waals surface area contributed by atoms with Gasteiger partial charge in [0.05, 0.1) is 0 Å². The Kier molecular flexibility index (Phi) is 4.61. The van der Waals surface area contributed by atoms with E-state index in [-0.39, 0.29) is 0 Å². The molecule has 0 aliphatic carbocycles. The van der Waals surface area contributed by atoms with Crippen LogP contribution >= 0.6 is 27.3 Å². The summed E-state index contributed by atoms with van der Waals surface area (Å²) in [6.07, 6.45) is 1.20. The zero-order chi connectivity index (χ0) is 10.7. The van der Waals surface area contributed by atoms with E-state index in [9.17, 15) is 0 Å². The Hall–Kier alpha value is 0.140. The summed E-state index contributed by atoms with van der Waals surface area (Å²) in [5, 5.41) is 3.38. The molecule has 1 heterocycles. The normalized spacial score (nSPS) is 13.6. The van der Waals surface area contributed by atoms with E-state index < -0.39 is 0 Å². The SMILES string of the molecule is CNC(CC(C)C)c1cc(Br)c(C)s1. The molecule has 0 aliphatic heterocycles. The fourth-order valence-electron chi connectivity index (χ4n) is 1.50. The number of aryl methyl sites for hydroxylation is 1. The van der Waals surface area contributed by atoms with Gasteiger partial charge in [0.1, 0.15) is 0 Å². The number of halogens is 1. The fourth-order valence-corrected chi connectivity index (χ4v) is 3.18. The van der Waals surface area contributed by atoms with Crippen molar-refractivity contribution in [3.63, 3.8) is 0 Å². The standard InChI is InChI=1S/C11H18BrNS/c1-7(2)5-10(13-4)11-6-9(12)8(3)14-11/h6-7,10,13H,5H2,1-4H3. The van der Waals surface area contributed by atoms with Crippen LogP contribution in [-0.4, -0.2) is 7.05 Å². The zero-order valence-corrected chi connectivity index (χ0v) is 11.6. The van der Waals surface area contributed by atoms with Gasteiger partial charge in [-0.1, -0.05) is 13.8 Å². The number of thiophene rings is 1. The van der Waals surface area contributed by atoms with E-state index in [1.807, 2.05) is 18.4 Å². The van der Waals surface area contributed by atoms with Gasteiger partial charge in [0.15, 0.2) is 0 Å². The highest BCUT2D eigenvalue weighted by atomic mass is 79.9. The van der Waals surface area contributed by atoms with Crippen molar-refractivity contribution in [3.8, 4) is 0 Å². The van der Waals surface area contributed by atoms with Crippen LogP contribution in [0.15, 0.2) is 10.5 Å². The third kappa shape index (κ3) is 3.07. The summed E-state index contributed by atoms with van der Waals surface area (Å²) in [7, 11) is 2.04. The van der Waals surface area contributed by atoms with Gasteiger partial charge in [0.25, 0.3) is 0 Å². The van der Waals surface area contributed by atoms with Crippen LogP contribution in [0, 0.1) is 12.8 Å². The molecule has 1 unspecified atom stereocenters. The number of rotatable bonds is 4. The van der Waals surface area contributed by atoms with Crippen molar-refractivity contribution in [2.24, 2.45) is 5.92 Å². The van der Waals surface area contributed by atoms with E-state index >= 15 is 0 Å². The summed E-state index contributed by atoms with van der Waals surface area (Å²) >= 11 is 5.44. The Labute approximate surface area is 99.0 Å². The topological polar surface area (TPSA) is 12.0 Å². The van der Waals surface area contributed by atoms with Crippen molar-refractivity contribution >= 4 is 27.3 Å². The van der Waals surface area contributed by atoms with E-state index in [1.54, 1.807) is 0 Å². The first-order valence-corrected chi connectivity index (χ1v) is 6.58. The van der Waals surface area contributed by atoms with Crippen LogP contribution in [0.2, 0.25) is 0 Å². The van der Waals surface area contributed by atoms with Crippen LogP contribution in [-0.2, 0) is 0 Å². The van der Waals surface area contributed by atoms with Gasteiger partial charge in [-0.2, -0.15) is 0 Å². The van der Waals surface area contributed by atoms with Gasteiger partial charge in [0.2, 0.25) is 0 Å². The summed E-state index contributed by atoms with van der Waals surface area (Å²) in [5.74, 6) is 0.730. The highest BCUT2D eigenvalue weighted by molar-refractivity contribution is 9.10. The van der Waals surface area contributed by atoms with E-state index in [4.69, 9.17) is 0 Å². The molecule has 1 aromatic rings. The summed E-state index contributed by atoms with van der Waals surface area (Å²) in [4.78, 5) is 2.80. The minimum Gasteiger partial charge on any atom is -0.312 e. The molecule has 1 N–H and O–H groups in total. The Bertz CT molecular complexity index is 274. The van der Waals surface area contributed by atoms with Gasteiger partial charge in [-0.15, -0.1) is 11.3 Å². The lowest BCUT2D eigenvalue weighted by Gasteiger charge is -2.16. The number of hydrogen-bond donors (Lipinski definition) is 1. The minimum absolute atomic E-state index is 0.505. The second-order valence-corrected chi connectivity index (χ2v) is 6.17. The fraction of sp³-hybridized carbons (Fsp3) is 0.636. The van der Waals surface area contributed by atoms with Crippen LogP contribution in [0.5, 0.6) is 0 Å². The van der Waals surface area contributed by atoms with E-state index in [2.05, 4.69) is 48.1 Å². The largest absolute Gasteiger partial charge is 0.312 e. The lowest BCUT2D eigenvalue weighted by molar-refractivity contribution is 0.462. The van der Waals surface area contributed by atoms with E-state index in [1.165, 1.54) is 20.6 Å². The lowest BCUT2D eigenvalue weighted by Crippen LogP contribution is -2.17. The molecular weight excluding hydrogens is 258 g/mol. The first-order chi connectivity index (χ1) is 6.54. The van der Waals surface area contributed by atoms with Gasteiger partial charge in [-0.05, 0) is 48.3 Å². The molecule has 0 saturated carbocycles. The first kappa shape index (κ1) is 12.2. The Balaban J connectivity index is 2.78. The maximum absolute atomic E-state index is 3.56. The molecule has 1 aromatic heterocycles. The molecule has 0 aromatic carbocycles. The molecule has 0 fully saturated rings. The molecule has 0 amide bonds. The second-order valence-electron chi connectivity index (χ2n) is 4.02. The third-order valence-electron chi connectivity index (χ3n) is 2.28. The maximum Gasteiger partial charge on any atom is 0.0415 e. The number of nitrogens with one attached hydrogen (secondary N) is 1. The van der Waals surface area contributed by atoms with Crippen molar-refractivity contribution in [1.29, 1.82) is 0 Å². The summed E-state index contributed by atoms with van der Waals surface area (Å²) in [6, 6.07) is 2.74. The minimum atomic E-state index is 0.505. The van der Waals surface area contributed by atoms with Gasteiger partial charge in [-0.3, -0.25) is 0 Å². The summed E-state index contributed by atoms with van der Waals surface area (Å²) in [6.45, 7) is 6.68. The van der Waals surface area contributed by atoms with Gasteiger partial charge in [-0.25, -0.2) is 0 Å². The predicted molar refractivity (Wildman–Crippen MR) is 68.0 cm³/mol. The molecule has 0 aliphatic rings. The van der Waals surface area contributed by atoms with Crippen LogP contribution in [0.3, 0.4) is 0 Å². The summed E-state index contributed by atoms with van der Waals surface area (Å²) in [5.41, 5.74) is 0. The molecule has 1 atom stereocenters. The van der Waals surface area contributed by atoms with Gasteiger partial charge >= 0.3 is 0 Å². The average molecular weight is 276 g/mol. The number of hydrogen-bond acceptors (Lipinski definition) is 2. The second kappa shape index (κ2) is 5.29. The highest BCUT2D eigenvalue weighted by Gasteiger charge is 2.14. The van der Waals surface area contributed by atoms with Gasteiger partial charge < -0.3 is 5.32 Å². The van der Waals surface area contributed by atoms with Crippen LogP contribution < -0.4 is 5.32 Å². The molecule has 0 radical (unpaired) electrons. The summed E-state index contributed by atoms with van der Waals surface area (Å²) < 4.78 is 1.24. The Morgan fingerprint density at radius 2 is 2.14 bits per heavy atom. The van der Waals surface area contributed by atoms with Crippen LogP contribution in [0.25, 0.3) is 0 Å². The smallest absolute Gasteiger partial charge is 0.0415 e. The zero-order valence-electron chi connectivity index (χ0n) is 9.23. The Morgan fingerprint density at radius 3 is 2.50 bits per heavy atom. The average Bonchev–Trinajstić information content (AvgIpc) is 2.42. The molecule has 80 valence electrons. The highest BCUT2D eigenvalue weighted by Crippen LogP contribution is 2.32. The molecule has 3 heteroatoms. The van der Waals surface area contributed by atoms with E-state index in [0.29, 0.717) is 6.04 Å². The molecular formula is C11H18BrNS. The first-order valence-electron chi connectivity index (χ1n) is 4.97. The van der Waals surface area contributed by atoms with Crippen molar-refractivity contribution in [2.75, 3.05) is 7.05 Å². The molecule has 1 nitrogen and oxygen atoms in total. The van der Waals surface area contributed by atoms with Gasteiger partial charge in [0, 0.05) is 20.3 Å². The predicted octanol–water partition coefficient (Wildman–Crippen LogP) is 4.13. The van der Waals surface area contributed by atoms with Crippen molar-refractivity contribution in [3.05, 3.63) is 20.3 Å². The van der Waals surface area contributed by atoms with E-state index in [0.717, 1.165) is 5.92 Å². The molecule has 0 saturated heterocycles. The monoisotopic (exact) mass is 275 g/mol. The quantitative estimate of drug-likeness (QED) is 0.872. The molecule has 0 spiro atoms. The molecule has 1 rings (SSSR count). The Morgan fingerprint density at radius 1 is 1.50 bits per heavy atom. The lowest BCUT2D eigenvalue weighted by atomic mass is 10.0. The molecule has 0 bridgehead atoms. The van der Waals surface area contributed by atoms with Crippen LogP contribution in [0.4, 0.5) is 0 Å². The van der Waals surface area contributed by atoms with Crippen molar-refractivity contribution in [2.45, 2.75) is 33.2 Å². The third-order valence-corrected chi connectivity index (χ3v) is 4.53. The maximum atomic E-state index is 3.56. The van der Waals surface area contributed by atoms with Crippen molar-refractivity contribution < 1.29 is 0 Å². The molecule has 14 heavy (non-hydrogen) atoms.